The Labute approximate surface area is 106 Å². The van der Waals surface area contributed by atoms with E-state index in [0.717, 1.165) is 18.9 Å². The maximum atomic E-state index is 4.38. The largest absolute Gasteiger partial charge is 0.314 e. The fourth-order valence-electron chi connectivity index (χ4n) is 1.86. The fraction of sp³-hybridized carbons (Fsp3) is 0.667. The van der Waals surface area contributed by atoms with Gasteiger partial charge in [0.1, 0.15) is 0 Å². The van der Waals surface area contributed by atoms with Gasteiger partial charge in [0.05, 0.1) is 0 Å². The molecule has 0 bridgehead atoms. The number of nitrogens with one attached hydrogen (secondary N) is 1. The maximum Gasteiger partial charge on any atom is 0.0403 e. The van der Waals surface area contributed by atoms with Gasteiger partial charge in [0.15, 0.2) is 0 Å². The summed E-state index contributed by atoms with van der Waals surface area (Å²) in [6.45, 7) is 7.90. The SMILES string of the molecule is CCC(CCc1ccccn1)CNC(C)CC. The fourth-order valence-corrected chi connectivity index (χ4v) is 1.86. The number of aryl methyl sites for hydroxylation is 1. The van der Waals surface area contributed by atoms with E-state index in [0.29, 0.717) is 6.04 Å². The molecule has 2 unspecified atom stereocenters. The Morgan fingerprint density at radius 2 is 2.06 bits per heavy atom. The lowest BCUT2D eigenvalue weighted by Gasteiger charge is -2.18. The molecule has 2 nitrogen and oxygen atoms in total. The van der Waals surface area contributed by atoms with Gasteiger partial charge in [-0.2, -0.15) is 0 Å². The Balaban J connectivity index is 2.27. The summed E-state index contributed by atoms with van der Waals surface area (Å²) in [5, 5.41) is 3.60. The Bertz CT molecular complexity index is 284. The van der Waals surface area contributed by atoms with Gasteiger partial charge in [0.25, 0.3) is 0 Å². The molecule has 0 fully saturated rings. The van der Waals surface area contributed by atoms with E-state index in [1.54, 1.807) is 0 Å². The van der Waals surface area contributed by atoms with E-state index in [2.05, 4.69) is 43.2 Å². The van der Waals surface area contributed by atoms with Gasteiger partial charge in [0.2, 0.25) is 0 Å². The quantitative estimate of drug-likeness (QED) is 0.745. The minimum atomic E-state index is 0.638. The van der Waals surface area contributed by atoms with Crippen molar-refractivity contribution in [1.82, 2.24) is 10.3 Å². The van der Waals surface area contributed by atoms with Crippen molar-refractivity contribution in [1.29, 1.82) is 0 Å². The van der Waals surface area contributed by atoms with Crippen LogP contribution in [0.4, 0.5) is 0 Å². The highest BCUT2D eigenvalue weighted by Crippen LogP contribution is 2.11. The van der Waals surface area contributed by atoms with Crippen molar-refractivity contribution < 1.29 is 0 Å². The minimum absolute atomic E-state index is 0.638. The van der Waals surface area contributed by atoms with Gasteiger partial charge >= 0.3 is 0 Å². The van der Waals surface area contributed by atoms with Gasteiger partial charge in [0, 0.05) is 17.9 Å². The van der Waals surface area contributed by atoms with Crippen molar-refractivity contribution in [3.8, 4) is 0 Å². The summed E-state index contributed by atoms with van der Waals surface area (Å²) in [6, 6.07) is 6.81. The van der Waals surface area contributed by atoms with Crippen LogP contribution in [-0.2, 0) is 6.42 Å². The molecule has 1 aromatic heterocycles. The zero-order valence-electron chi connectivity index (χ0n) is 11.4. The molecule has 2 heteroatoms. The molecular weight excluding hydrogens is 208 g/mol. The Morgan fingerprint density at radius 3 is 2.65 bits per heavy atom. The van der Waals surface area contributed by atoms with Crippen LogP contribution in [-0.4, -0.2) is 17.6 Å². The zero-order chi connectivity index (χ0) is 12.5. The number of hydrogen-bond donors (Lipinski definition) is 1. The first-order chi connectivity index (χ1) is 8.26. The van der Waals surface area contributed by atoms with Gasteiger partial charge in [-0.1, -0.05) is 26.3 Å². The van der Waals surface area contributed by atoms with E-state index in [-0.39, 0.29) is 0 Å². The number of pyridine rings is 1. The molecular formula is C15H26N2. The van der Waals surface area contributed by atoms with Crippen molar-refractivity contribution in [2.45, 2.75) is 52.5 Å². The molecule has 0 saturated carbocycles. The molecule has 1 N–H and O–H groups in total. The lowest BCUT2D eigenvalue weighted by Crippen LogP contribution is -2.30. The molecule has 96 valence electrons. The highest BCUT2D eigenvalue weighted by Gasteiger charge is 2.08. The van der Waals surface area contributed by atoms with Crippen LogP contribution in [0.2, 0.25) is 0 Å². The summed E-state index contributed by atoms with van der Waals surface area (Å²) in [5.41, 5.74) is 1.22. The second-order valence-electron chi connectivity index (χ2n) is 4.85. The molecule has 1 heterocycles. The third-order valence-corrected chi connectivity index (χ3v) is 3.48. The first-order valence-corrected chi connectivity index (χ1v) is 6.89. The molecule has 17 heavy (non-hydrogen) atoms. The van der Waals surface area contributed by atoms with Crippen molar-refractivity contribution in [3.05, 3.63) is 30.1 Å². The third-order valence-electron chi connectivity index (χ3n) is 3.48. The lowest BCUT2D eigenvalue weighted by atomic mass is 9.98. The summed E-state index contributed by atoms with van der Waals surface area (Å²) in [6.07, 6.45) is 6.67. The molecule has 0 aromatic carbocycles. The smallest absolute Gasteiger partial charge is 0.0403 e. The van der Waals surface area contributed by atoms with Gasteiger partial charge in [-0.05, 0) is 50.8 Å². The van der Waals surface area contributed by atoms with Gasteiger partial charge in [-0.3, -0.25) is 4.98 Å². The maximum absolute atomic E-state index is 4.38. The van der Waals surface area contributed by atoms with Crippen molar-refractivity contribution >= 4 is 0 Å². The summed E-state index contributed by atoms with van der Waals surface area (Å²) in [7, 11) is 0. The summed E-state index contributed by atoms with van der Waals surface area (Å²) in [5.74, 6) is 0.769. The third kappa shape index (κ3) is 5.83. The molecule has 0 spiro atoms. The van der Waals surface area contributed by atoms with Gasteiger partial charge in [-0.15, -0.1) is 0 Å². The van der Waals surface area contributed by atoms with E-state index in [1.807, 2.05) is 12.3 Å². The Hall–Kier alpha value is -0.890. The predicted molar refractivity (Wildman–Crippen MR) is 74.1 cm³/mol. The van der Waals surface area contributed by atoms with E-state index in [1.165, 1.54) is 25.0 Å². The van der Waals surface area contributed by atoms with Crippen LogP contribution in [0.5, 0.6) is 0 Å². The topological polar surface area (TPSA) is 24.9 Å². The van der Waals surface area contributed by atoms with Crippen molar-refractivity contribution in [2.24, 2.45) is 5.92 Å². The molecule has 1 aromatic rings. The van der Waals surface area contributed by atoms with E-state index < -0.39 is 0 Å². The molecule has 2 atom stereocenters. The first-order valence-electron chi connectivity index (χ1n) is 6.89. The second kappa shape index (κ2) is 8.24. The second-order valence-corrected chi connectivity index (χ2v) is 4.85. The van der Waals surface area contributed by atoms with Gasteiger partial charge in [-0.25, -0.2) is 0 Å². The number of hydrogen-bond acceptors (Lipinski definition) is 2. The van der Waals surface area contributed by atoms with E-state index in [4.69, 9.17) is 0 Å². The molecule has 0 aliphatic heterocycles. The molecule has 0 aliphatic carbocycles. The van der Waals surface area contributed by atoms with Crippen LogP contribution in [0.3, 0.4) is 0 Å². The van der Waals surface area contributed by atoms with Crippen LogP contribution >= 0.6 is 0 Å². The normalized spacial score (nSPS) is 14.5. The summed E-state index contributed by atoms with van der Waals surface area (Å²) in [4.78, 5) is 4.38. The van der Waals surface area contributed by atoms with Crippen molar-refractivity contribution in [3.63, 3.8) is 0 Å². The molecule has 0 saturated heterocycles. The monoisotopic (exact) mass is 234 g/mol. The average Bonchev–Trinajstić information content (AvgIpc) is 2.39. The lowest BCUT2D eigenvalue weighted by molar-refractivity contribution is 0.400. The molecule has 0 radical (unpaired) electrons. The molecule has 0 aliphatic rings. The number of rotatable bonds is 8. The number of nitrogens with zero attached hydrogens (tertiary/aromatic N) is 1. The van der Waals surface area contributed by atoms with E-state index >= 15 is 0 Å². The van der Waals surface area contributed by atoms with Gasteiger partial charge < -0.3 is 5.32 Å². The minimum Gasteiger partial charge on any atom is -0.314 e. The predicted octanol–water partition coefficient (Wildman–Crippen LogP) is 3.43. The number of aromatic nitrogens is 1. The highest BCUT2D eigenvalue weighted by atomic mass is 14.9. The summed E-state index contributed by atoms with van der Waals surface area (Å²) < 4.78 is 0. The highest BCUT2D eigenvalue weighted by molar-refractivity contribution is 5.03. The van der Waals surface area contributed by atoms with Crippen LogP contribution < -0.4 is 5.32 Å². The molecule has 1 rings (SSSR count). The van der Waals surface area contributed by atoms with Crippen LogP contribution in [0.25, 0.3) is 0 Å². The van der Waals surface area contributed by atoms with Crippen LogP contribution in [0.15, 0.2) is 24.4 Å². The standard InChI is InChI=1S/C15H26N2/c1-4-13(3)17-12-14(5-2)9-10-15-8-6-7-11-16-15/h6-8,11,13-14,17H,4-5,9-10,12H2,1-3H3. The Kier molecular flexibility index (Phi) is 6.87. The molecule has 0 amide bonds. The summed E-state index contributed by atoms with van der Waals surface area (Å²) >= 11 is 0. The first kappa shape index (κ1) is 14.2. The zero-order valence-corrected chi connectivity index (χ0v) is 11.4. The van der Waals surface area contributed by atoms with Crippen LogP contribution in [0.1, 0.15) is 45.7 Å². The van der Waals surface area contributed by atoms with Crippen LogP contribution in [0, 0.1) is 5.92 Å². The average molecular weight is 234 g/mol. The Morgan fingerprint density at radius 1 is 1.24 bits per heavy atom. The van der Waals surface area contributed by atoms with Crippen molar-refractivity contribution in [2.75, 3.05) is 6.54 Å². The van der Waals surface area contributed by atoms with E-state index in [9.17, 15) is 0 Å².